The van der Waals surface area contributed by atoms with Gasteiger partial charge in [0, 0.05) is 19.1 Å². The van der Waals surface area contributed by atoms with Gasteiger partial charge in [0.15, 0.2) is 5.78 Å². The lowest BCUT2D eigenvalue weighted by Crippen LogP contribution is -1.96. The van der Waals surface area contributed by atoms with Gasteiger partial charge in [-0.2, -0.15) is 0 Å². The first-order valence-corrected chi connectivity index (χ1v) is 5.37. The van der Waals surface area contributed by atoms with Gasteiger partial charge < -0.3 is 5.11 Å². The summed E-state index contributed by atoms with van der Waals surface area (Å²) >= 11 is 0. The fraction of sp³-hybridized carbons (Fsp3) is 0.462. The van der Waals surface area contributed by atoms with E-state index in [1.54, 1.807) is 0 Å². The van der Waals surface area contributed by atoms with Gasteiger partial charge in [0.2, 0.25) is 0 Å². The number of ketones is 1. The van der Waals surface area contributed by atoms with Crippen molar-refractivity contribution < 1.29 is 9.90 Å². The average molecular weight is 210 g/mol. The first-order valence-electron chi connectivity index (χ1n) is 5.37. The Hall–Kier alpha value is -1.15. The molecule has 0 bridgehead atoms. The molecule has 1 rings (SSSR count). The molecule has 0 aliphatic carbocycles. The molecule has 86 valence electrons. The zero-order chi connectivity index (χ0) is 12.1. The van der Waals surface area contributed by atoms with E-state index in [1.165, 1.54) is 0 Å². The summed E-state index contributed by atoms with van der Waals surface area (Å²) < 4.78 is 0. The quantitative estimate of drug-likeness (QED) is 0.777. The van der Waals surface area contributed by atoms with E-state index in [0.29, 0.717) is 6.42 Å². The highest BCUT2D eigenvalue weighted by Gasteiger charge is 2.01. The minimum atomic E-state index is 0.244. The third kappa shape index (κ3) is 7.89. The molecule has 1 N–H and O–H groups in total. The molecular weight excluding hydrogens is 188 g/mol. The summed E-state index contributed by atoms with van der Waals surface area (Å²) in [5, 5.41) is 7.00. The Morgan fingerprint density at radius 1 is 1.13 bits per heavy atom. The van der Waals surface area contributed by atoms with E-state index in [1.807, 2.05) is 51.1 Å². The van der Waals surface area contributed by atoms with Crippen LogP contribution in [-0.4, -0.2) is 18.0 Å². The molecule has 0 aliphatic heterocycles. The third-order valence-corrected chi connectivity index (χ3v) is 1.57. The van der Waals surface area contributed by atoms with Crippen molar-refractivity contribution in [1.29, 1.82) is 0 Å². The van der Waals surface area contributed by atoms with Crippen LogP contribution in [0.5, 0.6) is 0 Å². The van der Waals surface area contributed by atoms with Crippen molar-refractivity contribution in [2.45, 2.75) is 33.6 Å². The van der Waals surface area contributed by atoms with Crippen molar-refractivity contribution in [2.24, 2.45) is 0 Å². The summed E-state index contributed by atoms with van der Waals surface area (Å²) in [5.41, 5.74) is 0.828. The minimum absolute atomic E-state index is 0.244. The second-order valence-corrected chi connectivity index (χ2v) is 2.54. The van der Waals surface area contributed by atoms with Crippen LogP contribution in [0.3, 0.4) is 0 Å². The molecule has 0 saturated heterocycles. The highest BCUT2D eigenvalue weighted by atomic mass is 16.2. The smallest absolute Gasteiger partial charge is 0.162 e. The first kappa shape index (κ1) is 16.3. The third-order valence-electron chi connectivity index (χ3n) is 1.57. The van der Waals surface area contributed by atoms with Crippen LogP contribution >= 0.6 is 0 Å². The Kier molecular flexibility index (Phi) is 14.0. The van der Waals surface area contributed by atoms with E-state index < -0.39 is 0 Å². The zero-order valence-electron chi connectivity index (χ0n) is 10.2. The highest BCUT2D eigenvalue weighted by Crippen LogP contribution is 2.03. The molecule has 1 aromatic carbocycles. The first-order chi connectivity index (χ1) is 7.34. The van der Waals surface area contributed by atoms with Crippen LogP contribution in [0.25, 0.3) is 0 Å². The fourth-order valence-corrected chi connectivity index (χ4v) is 0.995. The molecule has 0 spiro atoms. The number of hydrogen-bond acceptors (Lipinski definition) is 2. The molecule has 0 aromatic heterocycles. The maximum atomic E-state index is 11.2. The van der Waals surface area contributed by atoms with Gasteiger partial charge in [-0.25, -0.2) is 0 Å². The lowest BCUT2D eigenvalue weighted by atomic mass is 10.1. The van der Waals surface area contributed by atoms with E-state index in [-0.39, 0.29) is 5.78 Å². The highest BCUT2D eigenvalue weighted by molar-refractivity contribution is 5.95. The largest absolute Gasteiger partial charge is 0.400 e. The van der Waals surface area contributed by atoms with Crippen molar-refractivity contribution in [3.63, 3.8) is 0 Å². The number of benzene rings is 1. The topological polar surface area (TPSA) is 37.3 Å². The minimum Gasteiger partial charge on any atom is -0.400 e. The average Bonchev–Trinajstić information content (AvgIpc) is 2.36. The number of carbonyl (C=O) groups is 1. The Morgan fingerprint density at radius 2 is 1.60 bits per heavy atom. The van der Waals surface area contributed by atoms with Crippen molar-refractivity contribution in [3.8, 4) is 0 Å². The maximum Gasteiger partial charge on any atom is 0.162 e. The number of aliphatic hydroxyl groups is 1. The van der Waals surface area contributed by atoms with E-state index >= 15 is 0 Å². The van der Waals surface area contributed by atoms with Gasteiger partial charge in [0.25, 0.3) is 0 Å². The van der Waals surface area contributed by atoms with Crippen molar-refractivity contribution in [1.82, 2.24) is 0 Å². The molecular formula is C13H22O2. The lowest BCUT2D eigenvalue weighted by molar-refractivity contribution is 0.0982. The fourth-order valence-electron chi connectivity index (χ4n) is 0.995. The SMILES string of the molecule is CC.CCCC(=O)c1ccccc1.CO. The summed E-state index contributed by atoms with van der Waals surface area (Å²) in [6, 6.07) is 9.42. The number of Topliss-reactive ketones (excluding diaryl/α,β-unsaturated/α-hetero) is 1. The number of carbonyl (C=O) groups excluding carboxylic acids is 1. The predicted octanol–water partition coefficient (Wildman–Crippen LogP) is 3.30. The van der Waals surface area contributed by atoms with Gasteiger partial charge in [-0.15, -0.1) is 0 Å². The molecule has 2 heteroatoms. The standard InChI is InChI=1S/C10H12O.C2H6.CH4O/c1-2-6-10(11)9-7-4-3-5-8-9;2*1-2/h3-5,7-8H,2,6H2,1H3;1-2H3;2H,1H3. The van der Waals surface area contributed by atoms with Crippen molar-refractivity contribution in [3.05, 3.63) is 35.9 Å². The molecule has 0 saturated carbocycles. The van der Waals surface area contributed by atoms with E-state index in [0.717, 1.165) is 19.1 Å². The molecule has 0 radical (unpaired) electrons. The lowest BCUT2D eigenvalue weighted by Gasteiger charge is -1.96. The van der Waals surface area contributed by atoms with Gasteiger partial charge in [-0.05, 0) is 6.42 Å². The van der Waals surface area contributed by atoms with Crippen LogP contribution in [0.1, 0.15) is 44.0 Å². The molecule has 2 nitrogen and oxygen atoms in total. The molecule has 0 atom stereocenters. The van der Waals surface area contributed by atoms with Crippen LogP contribution in [0.2, 0.25) is 0 Å². The van der Waals surface area contributed by atoms with Crippen molar-refractivity contribution >= 4 is 5.78 Å². The Bertz CT molecular complexity index is 230. The summed E-state index contributed by atoms with van der Waals surface area (Å²) in [5.74, 6) is 0.244. The van der Waals surface area contributed by atoms with Gasteiger partial charge >= 0.3 is 0 Å². The summed E-state index contributed by atoms with van der Waals surface area (Å²) in [6.07, 6.45) is 1.58. The molecule has 0 fully saturated rings. The van der Waals surface area contributed by atoms with Gasteiger partial charge in [0.1, 0.15) is 0 Å². The molecule has 0 unspecified atom stereocenters. The summed E-state index contributed by atoms with van der Waals surface area (Å²) in [4.78, 5) is 11.2. The van der Waals surface area contributed by atoms with Crippen LogP contribution in [0, 0.1) is 0 Å². The van der Waals surface area contributed by atoms with Gasteiger partial charge in [0.05, 0.1) is 0 Å². The van der Waals surface area contributed by atoms with E-state index in [9.17, 15) is 4.79 Å². The van der Waals surface area contributed by atoms with Gasteiger partial charge in [-0.1, -0.05) is 51.1 Å². The Labute approximate surface area is 93.0 Å². The Morgan fingerprint density at radius 3 is 2.00 bits per heavy atom. The molecule has 0 amide bonds. The van der Waals surface area contributed by atoms with Crippen LogP contribution in [0.4, 0.5) is 0 Å². The predicted molar refractivity (Wildman–Crippen MR) is 65.2 cm³/mol. The number of aliphatic hydroxyl groups excluding tert-OH is 1. The van der Waals surface area contributed by atoms with E-state index in [4.69, 9.17) is 5.11 Å². The van der Waals surface area contributed by atoms with Crippen LogP contribution in [-0.2, 0) is 0 Å². The number of rotatable bonds is 3. The second-order valence-electron chi connectivity index (χ2n) is 2.54. The van der Waals surface area contributed by atoms with Crippen molar-refractivity contribution in [2.75, 3.05) is 7.11 Å². The van der Waals surface area contributed by atoms with Gasteiger partial charge in [-0.3, -0.25) is 4.79 Å². The normalized spacial score (nSPS) is 7.80. The monoisotopic (exact) mass is 210 g/mol. The second kappa shape index (κ2) is 12.8. The van der Waals surface area contributed by atoms with Crippen LogP contribution in [0.15, 0.2) is 30.3 Å². The Balaban J connectivity index is 0. The molecule has 1 aromatic rings. The van der Waals surface area contributed by atoms with Crippen LogP contribution < -0.4 is 0 Å². The molecule has 0 aliphatic rings. The molecule has 15 heavy (non-hydrogen) atoms. The summed E-state index contributed by atoms with van der Waals surface area (Å²) in [6.45, 7) is 6.01. The molecule has 0 heterocycles. The summed E-state index contributed by atoms with van der Waals surface area (Å²) in [7, 11) is 1.00. The number of hydrogen-bond donors (Lipinski definition) is 1. The zero-order valence-corrected chi connectivity index (χ0v) is 10.2. The van der Waals surface area contributed by atoms with E-state index in [2.05, 4.69) is 0 Å². The maximum absolute atomic E-state index is 11.2.